The zero-order chi connectivity index (χ0) is 18.4. The van der Waals surface area contributed by atoms with E-state index in [0.29, 0.717) is 12.1 Å². The molecule has 0 radical (unpaired) electrons. The monoisotopic (exact) mass is 424 g/mol. The summed E-state index contributed by atoms with van der Waals surface area (Å²) in [6, 6.07) is 19.6. The molecule has 2 aromatic carbocycles. The maximum atomic E-state index is 11.8. The van der Waals surface area contributed by atoms with Gasteiger partial charge in [0, 0.05) is 18.6 Å². The normalized spacial score (nSPS) is 19.6. The summed E-state index contributed by atoms with van der Waals surface area (Å²) in [5.41, 5.74) is 3.52. The van der Waals surface area contributed by atoms with E-state index in [1.54, 1.807) is 0 Å². The molecule has 4 nitrogen and oxygen atoms in total. The molecule has 0 amide bonds. The maximum Gasteiger partial charge on any atom is 0.312 e. The van der Waals surface area contributed by atoms with Gasteiger partial charge in [0.25, 0.3) is 0 Å². The zero-order valence-corrected chi connectivity index (χ0v) is 18.0. The molecular formula is C22H30Cl2N2O2. The number of halogens is 2. The number of piperidine rings is 1. The third-order valence-electron chi connectivity index (χ3n) is 5.19. The van der Waals surface area contributed by atoms with E-state index in [1.807, 2.05) is 19.1 Å². The highest BCUT2D eigenvalue weighted by Crippen LogP contribution is 2.24. The average molecular weight is 425 g/mol. The molecule has 1 fully saturated rings. The first-order chi connectivity index (χ1) is 12.7. The SMILES string of the molecule is COC(=O)C(C)c1cccc(CN[C@H]2CCCN[C@H]2c2ccccc2)c1.Cl.Cl. The molecule has 154 valence electrons. The Bertz CT molecular complexity index is 727. The molecule has 3 rings (SSSR count). The van der Waals surface area contributed by atoms with Crippen LogP contribution in [0.2, 0.25) is 0 Å². The number of nitrogens with one attached hydrogen (secondary N) is 2. The maximum absolute atomic E-state index is 11.8. The van der Waals surface area contributed by atoms with Crippen molar-refractivity contribution in [3.63, 3.8) is 0 Å². The van der Waals surface area contributed by atoms with Crippen LogP contribution in [0.15, 0.2) is 54.6 Å². The number of esters is 1. The summed E-state index contributed by atoms with van der Waals surface area (Å²) in [4.78, 5) is 11.8. The first-order valence-corrected chi connectivity index (χ1v) is 9.37. The van der Waals surface area contributed by atoms with Crippen molar-refractivity contribution >= 4 is 30.8 Å². The predicted octanol–water partition coefficient (Wildman–Crippen LogP) is 4.39. The summed E-state index contributed by atoms with van der Waals surface area (Å²) in [5.74, 6) is -0.441. The highest BCUT2D eigenvalue weighted by Gasteiger charge is 2.25. The van der Waals surface area contributed by atoms with Crippen molar-refractivity contribution in [2.45, 2.75) is 44.3 Å². The van der Waals surface area contributed by atoms with Gasteiger partial charge in [-0.2, -0.15) is 0 Å². The van der Waals surface area contributed by atoms with Crippen LogP contribution in [0.25, 0.3) is 0 Å². The lowest BCUT2D eigenvalue weighted by atomic mass is 9.92. The fourth-order valence-electron chi connectivity index (χ4n) is 3.65. The molecule has 0 aromatic heterocycles. The van der Waals surface area contributed by atoms with Crippen molar-refractivity contribution in [3.05, 3.63) is 71.3 Å². The highest BCUT2D eigenvalue weighted by molar-refractivity contribution is 5.85. The molecule has 0 saturated carbocycles. The Balaban J connectivity index is 0.00000196. The van der Waals surface area contributed by atoms with Crippen LogP contribution in [0, 0.1) is 0 Å². The first kappa shape index (κ1) is 24.4. The molecular weight excluding hydrogens is 395 g/mol. The number of carbonyl (C=O) groups excluding carboxylic acids is 1. The molecule has 1 heterocycles. The van der Waals surface area contributed by atoms with Gasteiger partial charge < -0.3 is 15.4 Å². The third kappa shape index (κ3) is 6.21. The van der Waals surface area contributed by atoms with E-state index in [2.05, 4.69) is 53.1 Å². The molecule has 0 bridgehead atoms. The van der Waals surface area contributed by atoms with Crippen molar-refractivity contribution < 1.29 is 9.53 Å². The summed E-state index contributed by atoms with van der Waals surface area (Å²) in [6.07, 6.45) is 2.34. The van der Waals surface area contributed by atoms with Crippen LogP contribution in [-0.4, -0.2) is 25.7 Å². The minimum absolute atomic E-state index is 0. The number of carbonyl (C=O) groups is 1. The fraction of sp³-hybridized carbons (Fsp3) is 0.409. The highest BCUT2D eigenvalue weighted by atomic mass is 35.5. The van der Waals surface area contributed by atoms with Crippen molar-refractivity contribution in [2.75, 3.05) is 13.7 Å². The number of hydrogen-bond acceptors (Lipinski definition) is 4. The average Bonchev–Trinajstić information content (AvgIpc) is 2.72. The Labute approximate surface area is 180 Å². The Morgan fingerprint density at radius 1 is 1.18 bits per heavy atom. The van der Waals surface area contributed by atoms with Crippen LogP contribution >= 0.6 is 24.8 Å². The molecule has 2 aromatic rings. The Morgan fingerprint density at radius 3 is 2.64 bits per heavy atom. The van der Waals surface area contributed by atoms with Crippen molar-refractivity contribution in [1.82, 2.24) is 10.6 Å². The number of methoxy groups -OCH3 is 1. The molecule has 28 heavy (non-hydrogen) atoms. The van der Waals surface area contributed by atoms with Gasteiger partial charge in [0.05, 0.1) is 13.0 Å². The quantitative estimate of drug-likeness (QED) is 0.674. The summed E-state index contributed by atoms with van der Waals surface area (Å²) in [7, 11) is 1.43. The number of rotatable bonds is 6. The first-order valence-electron chi connectivity index (χ1n) is 9.37. The van der Waals surface area contributed by atoms with E-state index in [0.717, 1.165) is 25.1 Å². The van der Waals surface area contributed by atoms with E-state index in [9.17, 15) is 4.79 Å². The van der Waals surface area contributed by atoms with Gasteiger partial charge in [0.15, 0.2) is 0 Å². The van der Waals surface area contributed by atoms with E-state index in [4.69, 9.17) is 4.74 Å². The van der Waals surface area contributed by atoms with E-state index >= 15 is 0 Å². The Morgan fingerprint density at radius 2 is 1.93 bits per heavy atom. The van der Waals surface area contributed by atoms with Crippen LogP contribution in [0.1, 0.15) is 48.4 Å². The molecule has 2 N–H and O–H groups in total. The molecule has 1 aliphatic rings. The molecule has 0 spiro atoms. The predicted molar refractivity (Wildman–Crippen MR) is 118 cm³/mol. The summed E-state index contributed by atoms with van der Waals surface area (Å²) >= 11 is 0. The summed E-state index contributed by atoms with van der Waals surface area (Å²) in [5, 5.41) is 7.37. The molecule has 1 unspecified atom stereocenters. The lowest BCUT2D eigenvalue weighted by molar-refractivity contribution is -0.141. The number of benzene rings is 2. The number of ether oxygens (including phenoxy) is 1. The van der Waals surface area contributed by atoms with E-state index in [-0.39, 0.29) is 36.7 Å². The van der Waals surface area contributed by atoms with Crippen LogP contribution in [0.5, 0.6) is 0 Å². The van der Waals surface area contributed by atoms with Gasteiger partial charge in [-0.1, -0.05) is 54.6 Å². The Kier molecular flexibility index (Phi) is 10.5. The largest absolute Gasteiger partial charge is 0.469 e. The molecule has 1 saturated heterocycles. The second-order valence-corrected chi connectivity index (χ2v) is 6.96. The van der Waals surface area contributed by atoms with Gasteiger partial charge in [0.2, 0.25) is 0 Å². The van der Waals surface area contributed by atoms with Crippen LogP contribution in [-0.2, 0) is 16.1 Å². The number of hydrogen-bond donors (Lipinski definition) is 2. The van der Waals surface area contributed by atoms with Gasteiger partial charge in [0.1, 0.15) is 0 Å². The second-order valence-electron chi connectivity index (χ2n) is 6.96. The van der Waals surface area contributed by atoms with Gasteiger partial charge >= 0.3 is 5.97 Å². The van der Waals surface area contributed by atoms with Gasteiger partial charge in [-0.05, 0) is 43.0 Å². The Hall–Kier alpha value is -1.59. The van der Waals surface area contributed by atoms with Gasteiger partial charge in [-0.15, -0.1) is 24.8 Å². The lowest BCUT2D eigenvalue weighted by Gasteiger charge is -2.34. The molecule has 3 atom stereocenters. The second kappa shape index (κ2) is 12.1. The fourth-order valence-corrected chi connectivity index (χ4v) is 3.65. The molecule has 6 heteroatoms. The van der Waals surface area contributed by atoms with Crippen LogP contribution < -0.4 is 10.6 Å². The van der Waals surface area contributed by atoms with Crippen LogP contribution in [0.4, 0.5) is 0 Å². The lowest BCUT2D eigenvalue weighted by Crippen LogP contribution is -2.45. The van der Waals surface area contributed by atoms with Crippen molar-refractivity contribution in [1.29, 1.82) is 0 Å². The van der Waals surface area contributed by atoms with Crippen LogP contribution in [0.3, 0.4) is 0 Å². The van der Waals surface area contributed by atoms with Gasteiger partial charge in [-0.25, -0.2) is 0 Å². The minimum Gasteiger partial charge on any atom is -0.469 e. The standard InChI is InChI=1S/C22H28N2O2.2ClH/c1-16(22(25)26-2)19-11-6-8-17(14-19)15-24-20-12-7-13-23-21(20)18-9-4-3-5-10-18;;/h3-6,8-11,14,16,20-21,23-24H,7,12-13,15H2,1-2H3;2*1H/t16?,20-,21-;;/m0../s1. The van der Waals surface area contributed by atoms with Crippen molar-refractivity contribution in [3.8, 4) is 0 Å². The topological polar surface area (TPSA) is 50.4 Å². The minimum atomic E-state index is -0.242. The molecule has 1 aliphatic heterocycles. The summed E-state index contributed by atoms with van der Waals surface area (Å²) in [6.45, 7) is 3.73. The smallest absolute Gasteiger partial charge is 0.312 e. The van der Waals surface area contributed by atoms with E-state index in [1.165, 1.54) is 24.7 Å². The van der Waals surface area contributed by atoms with Gasteiger partial charge in [-0.3, -0.25) is 4.79 Å². The zero-order valence-electron chi connectivity index (χ0n) is 16.4. The third-order valence-corrected chi connectivity index (χ3v) is 5.19. The molecule has 0 aliphatic carbocycles. The van der Waals surface area contributed by atoms with Crippen molar-refractivity contribution in [2.24, 2.45) is 0 Å². The summed E-state index contributed by atoms with van der Waals surface area (Å²) < 4.78 is 4.86. The van der Waals surface area contributed by atoms with E-state index < -0.39 is 0 Å².